The Morgan fingerprint density at radius 3 is 2.23 bits per heavy atom. The average Bonchev–Trinajstić information content (AvgIpc) is 3.32. The number of nitrogens with zero attached hydrogens (tertiary/aromatic N) is 1. The fraction of sp³-hybridized carbons (Fsp3) is 0.625. The lowest BCUT2D eigenvalue weighted by molar-refractivity contribution is -0.137. The van der Waals surface area contributed by atoms with Gasteiger partial charge in [-0.15, -0.1) is 0 Å². The van der Waals surface area contributed by atoms with E-state index in [0.29, 0.717) is 18.7 Å². The SMILES string of the molecule is CC[C@H](C)NC(=O)[C@@H](NC(=O)c1ccccc1)C1CCN(C(=O)C2CCCC2)CC1. The summed E-state index contributed by atoms with van der Waals surface area (Å²) in [5.41, 5.74) is 0.549. The second kappa shape index (κ2) is 10.6. The molecule has 30 heavy (non-hydrogen) atoms. The molecule has 2 aliphatic rings. The molecule has 0 aromatic heterocycles. The molecule has 1 aliphatic carbocycles. The largest absolute Gasteiger partial charge is 0.352 e. The van der Waals surface area contributed by atoms with E-state index in [2.05, 4.69) is 10.6 Å². The van der Waals surface area contributed by atoms with Crippen molar-refractivity contribution in [2.75, 3.05) is 13.1 Å². The summed E-state index contributed by atoms with van der Waals surface area (Å²) in [6.07, 6.45) is 6.60. The molecule has 0 radical (unpaired) electrons. The zero-order chi connectivity index (χ0) is 21.5. The maximum atomic E-state index is 13.0. The van der Waals surface area contributed by atoms with E-state index in [1.165, 1.54) is 0 Å². The number of nitrogens with one attached hydrogen (secondary N) is 2. The number of carbonyl (C=O) groups is 3. The van der Waals surface area contributed by atoms with Crippen LogP contribution in [0, 0.1) is 11.8 Å². The highest BCUT2D eigenvalue weighted by Gasteiger charge is 2.36. The number of hydrogen-bond donors (Lipinski definition) is 2. The topological polar surface area (TPSA) is 78.5 Å². The van der Waals surface area contributed by atoms with Crippen molar-refractivity contribution < 1.29 is 14.4 Å². The van der Waals surface area contributed by atoms with Crippen LogP contribution in [0.5, 0.6) is 0 Å². The summed E-state index contributed by atoms with van der Waals surface area (Å²) in [6.45, 7) is 5.31. The van der Waals surface area contributed by atoms with E-state index >= 15 is 0 Å². The molecule has 2 N–H and O–H groups in total. The fourth-order valence-electron chi connectivity index (χ4n) is 4.53. The molecule has 6 nitrogen and oxygen atoms in total. The lowest BCUT2D eigenvalue weighted by Crippen LogP contribution is -2.55. The van der Waals surface area contributed by atoms with Gasteiger partial charge in [0.05, 0.1) is 0 Å². The normalized spacial score (nSPS) is 19.9. The zero-order valence-electron chi connectivity index (χ0n) is 18.2. The first-order chi connectivity index (χ1) is 14.5. The Morgan fingerprint density at radius 2 is 1.63 bits per heavy atom. The van der Waals surface area contributed by atoms with Gasteiger partial charge in [0.2, 0.25) is 11.8 Å². The van der Waals surface area contributed by atoms with Crippen LogP contribution in [-0.2, 0) is 9.59 Å². The zero-order valence-corrected chi connectivity index (χ0v) is 18.2. The van der Waals surface area contributed by atoms with Gasteiger partial charge in [-0.2, -0.15) is 0 Å². The Labute approximate surface area is 179 Å². The molecule has 2 atom stereocenters. The Morgan fingerprint density at radius 1 is 1.00 bits per heavy atom. The Balaban J connectivity index is 1.65. The molecule has 1 saturated heterocycles. The number of amides is 3. The lowest BCUT2D eigenvalue weighted by Gasteiger charge is -2.37. The summed E-state index contributed by atoms with van der Waals surface area (Å²) in [6, 6.07) is 8.46. The number of carbonyl (C=O) groups excluding carboxylic acids is 3. The molecule has 1 saturated carbocycles. The van der Waals surface area contributed by atoms with Crippen LogP contribution in [-0.4, -0.2) is 47.8 Å². The van der Waals surface area contributed by atoms with Gasteiger partial charge in [0.15, 0.2) is 0 Å². The third-order valence-corrected chi connectivity index (χ3v) is 6.63. The number of benzene rings is 1. The van der Waals surface area contributed by atoms with Crippen molar-refractivity contribution in [3.05, 3.63) is 35.9 Å². The van der Waals surface area contributed by atoms with Gasteiger partial charge >= 0.3 is 0 Å². The van der Waals surface area contributed by atoms with Crippen LogP contribution in [0.2, 0.25) is 0 Å². The molecule has 1 heterocycles. The summed E-state index contributed by atoms with van der Waals surface area (Å²) in [5, 5.41) is 6.01. The molecule has 2 fully saturated rings. The predicted molar refractivity (Wildman–Crippen MR) is 117 cm³/mol. The molecule has 0 spiro atoms. The molecule has 3 rings (SSSR count). The fourth-order valence-corrected chi connectivity index (χ4v) is 4.53. The summed E-state index contributed by atoms with van der Waals surface area (Å²) >= 11 is 0. The van der Waals surface area contributed by atoms with Gasteiger partial charge in [-0.3, -0.25) is 14.4 Å². The maximum absolute atomic E-state index is 13.0. The highest BCUT2D eigenvalue weighted by Crippen LogP contribution is 2.29. The van der Waals surface area contributed by atoms with Crippen LogP contribution >= 0.6 is 0 Å². The lowest BCUT2D eigenvalue weighted by atomic mass is 9.87. The Kier molecular flexibility index (Phi) is 7.88. The number of piperidine rings is 1. The molecule has 0 bridgehead atoms. The van der Waals surface area contributed by atoms with Gasteiger partial charge in [-0.25, -0.2) is 0 Å². The summed E-state index contributed by atoms with van der Waals surface area (Å²) in [7, 11) is 0. The molecule has 1 aromatic carbocycles. The number of likely N-dealkylation sites (tertiary alicyclic amines) is 1. The maximum Gasteiger partial charge on any atom is 0.251 e. The first-order valence-corrected chi connectivity index (χ1v) is 11.4. The van der Waals surface area contributed by atoms with Crippen molar-refractivity contribution in [2.45, 2.75) is 70.9 Å². The van der Waals surface area contributed by atoms with E-state index in [1.807, 2.05) is 36.9 Å². The van der Waals surface area contributed by atoms with E-state index in [1.54, 1.807) is 12.1 Å². The average molecular weight is 414 g/mol. The quantitative estimate of drug-likeness (QED) is 0.721. The monoisotopic (exact) mass is 413 g/mol. The van der Waals surface area contributed by atoms with Crippen molar-refractivity contribution >= 4 is 17.7 Å². The highest BCUT2D eigenvalue weighted by atomic mass is 16.2. The van der Waals surface area contributed by atoms with E-state index in [-0.39, 0.29) is 35.6 Å². The summed E-state index contributed by atoms with van der Waals surface area (Å²) < 4.78 is 0. The first-order valence-electron chi connectivity index (χ1n) is 11.4. The van der Waals surface area contributed by atoms with Crippen molar-refractivity contribution in [2.24, 2.45) is 11.8 Å². The molecule has 1 aromatic rings. The standard InChI is InChI=1S/C24H35N3O3/c1-3-17(2)25-23(29)21(26-22(28)19-9-5-4-6-10-19)18-13-15-27(16-14-18)24(30)20-11-7-8-12-20/h4-6,9-10,17-18,20-21H,3,7-8,11-16H2,1-2H3,(H,25,29)(H,26,28)/t17-,21-/m0/s1. The molecule has 3 amide bonds. The summed E-state index contributed by atoms with van der Waals surface area (Å²) in [4.78, 5) is 40.4. The van der Waals surface area contributed by atoms with Gasteiger partial charge in [0, 0.05) is 30.6 Å². The Hall–Kier alpha value is -2.37. The van der Waals surface area contributed by atoms with Gasteiger partial charge < -0.3 is 15.5 Å². The van der Waals surface area contributed by atoms with Crippen LogP contribution < -0.4 is 10.6 Å². The minimum absolute atomic E-state index is 0.0225. The number of rotatable bonds is 7. The minimum Gasteiger partial charge on any atom is -0.352 e. The molecule has 0 unspecified atom stereocenters. The second-order valence-electron chi connectivity index (χ2n) is 8.78. The molecular formula is C24H35N3O3. The van der Waals surface area contributed by atoms with E-state index < -0.39 is 6.04 Å². The van der Waals surface area contributed by atoms with Crippen molar-refractivity contribution in [1.29, 1.82) is 0 Å². The second-order valence-corrected chi connectivity index (χ2v) is 8.78. The van der Waals surface area contributed by atoms with Crippen molar-refractivity contribution in [3.63, 3.8) is 0 Å². The van der Waals surface area contributed by atoms with Crippen LogP contribution in [0.1, 0.15) is 69.2 Å². The summed E-state index contributed by atoms with van der Waals surface area (Å²) in [5.74, 6) is 0.122. The third-order valence-electron chi connectivity index (χ3n) is 6.63. The predicted octanol–water partition coefficient (Wildman–Crippen LogP) is 3.13. The van der Waals surface area contributed by atoms with Gasteiger partial charge in [-0.1, -0.05) is 38.0 Å². The van der Waals surface area contributed by atoms with Crippen molar-refractivity contribution in [1.82, 2.24) is 15.5 Å². The van der Waals surface area contributed by atoms with Crippen LogP contribution in [0.25, 0.3) is 0 Å². The number of hydrogen-bond acceptors (Lipinski definition) is 3. The van der Waals surface area contributed by atoms with Gasteiger partial charge in [-0.05, 0) is 57.1 Å². The van der Waals surface area contributed by atoms with Gasteiger partial charge in [0.1, 0.15) is 6.04 Å². The molecule has 1 aliphatic heterocycles. The first kappa shape index (κ1) is 22.3. The molecule has 164 valence electrons. The Bertz CT molecular complexity index is 722. The smallest absolute Gasteiger partial charge is 0.251 e. The minimum atomic E-state index is -0.588. The van der Waals surface area contributed by atoms with Crippen LogP contribution in [0.4, 0.5) is 0 Å². The van der Waals surface area contributed by atoms with Crippen LogP contribution in [0.3, 0.4) is 0 Å². The van der Waals surface area contributed by atoms with Crippen molar-refractivity contribution in [3.8, 4) is 0 Å². The third kappa shape index (κ3) is 5.61. The van der Waals surface area contributed by atoms with E-state index in [9.17, 15) is 14.4 Å². The van der Waals surface area contributed by atoms with E-state index in [4.69, 9.17) is 0 Å². The van der Waals surface area contributed by atoms with Gasteiger partial charge in [0.25, 0.3) is 5.91 Å². The van der Waals surface area contributed by atoms with E-state index in [0.717, 1.165) is 44.9 Å². The highest BCUT2D eigenvalue weighted by molar-refractivity contribution is 5.97. The molecule has 6 heteroatoms. The molecular weight excluding hydrogens is 378 g/mol. The van der Waals surface area contributed by atoms with Crippen LogP contribution in [0.15, 0.2) is 30.3 Å².